The summed E-state index contributed by atoms with van der Waals surface area (Å²) in [6, 6.07) is 13.5. The molecule has 0 amide bonds. The molecule has 0 fully saturated rings. The largest absolute Gasteiger partial charge is 0.352 e. The lowest BCUT2D eigenvalue weighted by Gasteiger charge is -2.13. The van der Waals surface area contributed by atoms with Crippen molar-refractivity contribution in [2.24, 2.45) is 0 Å². The minimum atomic E-state index is -0.574. The van der Waals surface area contributed by atoms with Gasteiger partial charge >= 0.3 is 0 Å². The van der Waals surface area contributed by atoms with Gasteiger partial charge in [-0.2, -0.15) is 0 Å². The summed E-state index contributed by atoms with van der Waals surface area (Å²) in [5.41, 5.74) is 1.12. The fourth-order valence-corrected chi connectivity index (χ4v) is 2.21. The number of hydrogen-bond donors (Lipinski definition) is 1. The van der Waals surface area contributed by atoms with E-state index >= 15 is 0 Å². The van der Waals surface area contributed by atoms with Crippen molar-refractivity contribution < 1.29 is 4.39 Å². The first kappa shape index (κ1) is 13.2. The summed E-state index contributed by atoms with van der Waals surface area (Å²) in [6.45, 7) is 1.66. The number of anilines is 2. The molecule has 3 aromatic carbocycles. The van der Waals surface area contributed by atoms with Crippen molar-refractivity contribution in [3.63, 3.8) is 0 Å². The van der Waals surface area contributed by atoms with Crippen molar-refractivity contribution in [3.8, 4) is 11.1 Å². The Balaban J connectivity index is 2.01. The molecule has 0 aliphatic carbocycles. The third-order valence-corrected chi connectivity index (χ3v) is 3.41. The Bertz CT molecular complexity index is 878. The molecule has 104 valence electrons. The van der Waals surface area contributed by atoms with Crippen LogP contribution >= 0.6 is 0 Å². The van der Waals surface area contributed by atoms with Crippen LogP contribution in [-0.2, 0) is 0 Å². The van der Waals surface area contributed by atoms with E-state index in [0.29, 0.717) is 22.4 Å². The normalized spacial score (nSPS) is 10.8. The molecule has 0 unspecified atom stereocenters. The third kappa shape index (κ3) is 2.25. The number of aryl methyl sites for hydroxylation is 1. The van der Waals surface area contributed by atoms with E-state index in [1.165, 1.54) is 6.07 Å². The van der Waals surface area contributed by atoms with Crippen molar-refractivity contribution in [2.75, 3.05) is 5.32 Å². The number of nitrogens with one attached hydrogen (secondary N) is 1. The molecule has 0 saturated carbocycles. The van der Waals surface area contributed by atoms with Gasteiger partial charge in [0, 0.05) is 5.69 Å². The zero-order valence-electron chi connectivity index (χ0n) is 11.3. The Morgan fingerprint density at radius 3 is 2.33 bits per heavy atom. The highest BCUT2D eigenvalue weighted by atomic mass is 19.1. The molecule has 0 aromatic heterocycles. The van der Waals surface area contributed by atoms with Gasteiger partial charge in [0.1, 0.15) is 11.5 Å². The van der Waals surface area contributed by atoms with Crippen LogP contribution in [0.1, 0.15) is 5.56 Å². The van der Waals surface area contributed by atoms with Crippen LogP contribution in [0, 0.1) is 12.7 Å². The molecule has 0 heterocycles. The zero-order valence-corrected chi connectivity index (χ0v) is 11.3. The van der Waals surface area contributed by atoms with Crippen LogP contribution in [0.3, 0.4) is 0 Å². The summed E-state index contributed by atoms with van der Waals surface area (Å²) in [5, 5.41) is 2.84. The number of rotatable bonds is 3. The predicted octanol–water partition coefficient (Wildman–Crippen LogP) is 3.14. The fourth-order valence-electron chi connectivity index (χ4n) is 2.21. The minimum Gasteiger partial charge on any atom is -0.352 e. The van der Waals surface area contributed by atoms with Gasteiger partial charge in [-0.05, 0) is 30.2 Å². The van der Waals surface area contributed by atoms with E-state index in [-0.39, 0.29) is 11.5 Å². The summed E-state index contributed by atoms with van der Waals surface area (Å²) in [6.07, 6.45) is 0. The van der Waals surface area contributed by atoms with Gasteiger partial charge in [0.15, 0.2) is 0 Å². The van der Waals surface area contributed by atoms with Crippen molar-refractivity contribution in [2.45, 2.75) is 6.92 Å². The SMILES string of the molecule is Cc1ccc(Nc2c(-c3ccccc3)c(=O)c2=O)cc1F. The van der Waals surface area contributed by atoms with Gasteiger partial charge in [-0.25, -0.2) is 4.39 Å². The van der Waals surface area contributed by atoms with Crippen LogP contribution in [0.2, 0.25) is 0 Å². The van der Waals surface area contributed by atoms with Crippen LogP contribution in [0.4, 0.5) is 15.8 Å². The van der Waals surface area contributed by atoms with E-state index in [4.69, 9.17) is 0 Å². The van der Waals surface area contributed by atoms with Crippen LogP contribution in [-0.4, -0.2) is 0 Å². The molecule has 0 spiro atoms. The van der Waals surface area contributed by atoms with Gasteiger partial charge < -0.3 is 5.32 Å². The lowest BCUT2D eigenvalue weighted by atomic mass is 9.98. The first-order valence-corrected chi connectivity index (χ1v) is 6.50. The van der Waals surface area contributed by atoms with Crippen molar-refractivity contribution in [1.82, 2.24) is 0 Å². The maximum absolute atomic E-state index is 13.5. The molecule has 4 heteroatoms. The highest BCUT2D eigenvalue weighted by Gasteiger charge is 2.22. The van der Waals surface area contributed by atoms with Crippen LogP contribution in [0.25, 0.3) is 11.1 Å². The van der Waals surface area contributed by atoms with Gasteiger partial charge in [0.25, 0.3) is 5.43 Å². The summed E-state index contributed by atoms with van der Waals surface area (Å²) in [7, 11) is 0. The molecule has 3 nitrogen and oxygen atoms in total. The van der Waals surface area contributed by atoms with Gasteiger partial charge in [0.05, 0.1) is 5.56 Å². The molecular formula is C17H12FNO2. The molecule has 0 atom stereocenters. The maximum Gasteiger partial charge on any atom is 0.250 e. The molecule has 1 N–H and O–H groups in total. The summed E-state index contributed by atoms with van der Waals surface area (Å²) in [4.78, 5) is 23.5. The second-order valence-corrected chi connectivity index (χ2v) is 4.86. The molecule has 0 aliphatic heterocycles. The lowest BCUT2D eigenvalue weighted by Crippen LogP contribution is -2.35. The molecular weight excluding hydrogens is 269 g/mol. The van der Waals surface area contributed by atoms with Crippen LogP contribution in [0.15, 0.2) is 58.1 Å². The maximum atomic E-state index is 13.5. The highest BCUT2D eigenvalue weighted by molar-refractivity contribution is 5.84. The van der Waals surface area contributed by atoms with E-state index in [9.17, 15) is 14.0 Å². The standard InChI is InChI=1S/C17H12FNO2/c1-10-7-8-12(9-13(10)18)19-15-14(16(20)17(15)21)11-5-3-2-4-6-11/h2-9,19H,1H3. The molecule has 0 bridgehead atoms. The lowest BCUT2D eigenvalue weighted by molar-refractivity contribution is 0.619. The molecule has 0 aliphatic rings. The topological polar surface area (TPSA) is 46.2 Å². The second kappa shape index (κ2) is 4.98. The van der Waals surface area contributed by atoms with Gasteiger partial charge in [-0.3, -0.25) is 9.59 Å². The van der Waals surface area contributed by atoms with E-state index in [1.807, 2.05) is 6.07 Å². The monoisotopic (exact) mass is 281 g/mol. The summed E-state index contributed by atoms with van der Waals surface area (Å²) in [5.74, 6) is -0.361. The Labute approximate surface area is 120 Å². The van der Waals surface area contributed by atoms with E-state index < -0.39 is 10.9 Å². The van der Waals surface area contributed by atoms with Gasteiger partial charge in [-0.15, -0.1) is 0 Å². The number of hydrogen-bond acceptors (Lipinski definition) is 3. The van der Waals surface area contributed by atoms with Crippen LogP contribution < -0.4 is 16.2 Å². The Hall–Kier alpha value is -2.75. The van der Waals surface area contributed by atoms with Crippen molar-refractivity contribution >= 4 is 11.4 Å². The van der Waals surface area contributed by atoms with Gasteiger partial charge in [-0.1, -0.05) is 36.4 Å². The van der Waals surface area contributed by atoms with Crippen molar-refractivity contribution in [1.29, 1.82) is 0 Å². The quantitative estimate of drug-likeness (QED) is 0.750. The molecule has 3 rings (SSSR count). The summed E-state index contributed by atoms with van der Waals surface area (Å²) < 4.78 is 13.5. The van der Waals surface area contributed by atoms with E-state index in [0.717, 1.165) is 0 Å². The smallest absolute Gasteiger partial charge is 0.250 e. The van der Waals surface area contributed by atoms with Crippen molar-refractivity contribution in [3.05, 3.63) is 80.4 Å². The Kier molecular flexibility index (Phi) is 3.14. The highest BCUT2D eigenvalue weighted by Crippen LogP contribution is 2.26. The average molecular weight is 281 g/mol. The third-order valence-electron chi connectivity index (χ3n) is 3.41. The van der Waals surface area contributed by atoms with Gasteiger partial charge in [0.2, 0.25) is 5.43 Å². The minimum absolute atomic E-state index is 0.217. The molecule has 0 saturated heterocycles. The Morgan fingerprint density at radius 1 is 0.952 bits per heavy atom. The summed E-state index contributed by atoms with van der Waals surface area (Å²) >= 11 is 0. The average Bonchev–Trinajstić information content (AvgIpc) is 2.51. The first-order chi connectivity index (χ1) is 10.1. The molecule has 21 heavy (non-hydrogen) atoms. The fraction of sp³-hybridized carbons (Fsp3) is 0.0588. The van der Waals surface area contributed by atoms with Crippen LogP contribution in [0.5, 0.6) is 0 Å². The first-order valence-electron chi connectivity index (χ1n) is 6.50. The van der Waals surface area contributed by atoms with E-state index in [1.54, 1.807) is 43.3 Å². The molecule has 0 radical (unpaired) electrons. The zero-order chi connectivity index (χ0) is 15.0. The predicted molar refractivity (Wildman–Crippen MR) is 81.2 cm³/mol. The van der Waals surface area contributed by atoms with E-state index in [2.05, 4.69) is 5.32 Å². The second-order valence-electron chi connectivity index (χ2n) is 4.86. The Morgan fingerprint density at radius 2 is 1.67 bits per heavy atom. The number of benzene rings is 2. The molecule has 3 aromatic rings. The number of halogens is 1.